The molecule has 0 saturated carbocycles. The maximum absolute atomic E-state index is 3.76. The van der Waals surface area contributed by atoms with Crippen LogP contribution in [-0.4, -0.2) is 30.7 Å². The van der Waals surface area contributed by atoms with Gasteiger partial charge in [0.25, 0.3) is 0 Å². The Hall–Kier alpha value is -0.300. The van der Waals surface area contributed by atoms with E-state index >= 15 is 0 Å². The van der Waals surface area contributed by atoms with Gasteiger partial charge in [-0.1, -0.05) is 31.8 Å². The molecule has 18 heavy (non-hydrogen) atoms. The van der Waals surface area contributed by atoms with Crippen molar-refractivity contribution >= 4 is 0 Å². The molecule has 1 heteroatoms. The Bertz CT molecular complexity index is 174. The van der Waals surface area contributed by atoms with Gasteiger partial charge in [-0.3, -0.25) is 0 Å². The molecule has 0 rings (SSSR count). The monoisotopic (exact) mass is 254 g/mol. The van der Waals surface area contributed by atoms with Gasteiger partial charge in [0.2, 0.25) is 0 Å². The first-order chi connectivity index (χ1) is 8.74. The van der Waals surface area contributed by atoms with Gasteiger partial charge < -0.3 is 4.48 Å². The zero-order chi connectivity index (χ0) is 13.7. The molecular weight excluding hydrogens is 218 g/mol. The second-order valence-corrected chi connectivity index (χ2v) is 5.57. The fourth-order valence-corrected chi connectivity index (χ4v) is 2.76. The molecule has 0 unspecified atom stereocenters. The molecule has 0 aliphatic carbocycles. The Labute approximate surface area is 116 Å². The number of hydrogen-bond donors (Lipinski definition) is 0. The number of rotatable bonds is 13. The van der Waals surface area contributed by atoms with Crippen molar-refractivity contribution in [3.63, 3.8) is 0 Å². The van der Waals surface area contributed by atoms with Gasteiger partial charge in [0, 0.05) is 0 Å². The van der Waals surface area contributed by atoms with Crippen LogP contribution in [0.4, 0.5) is 0 Å². The highest BCUT2D eigenvalue weighted by Gasteiger charge is 2.19. The predicted octanol–water partition coefficient (Wildman–Crippen LogP) is 5.17. The molecule has 0 aromatic carbocycles. The van der Waals surface area contributed by atoms with Gasteiger partial charge in [0.05, 0.1) is 26.2 Å². The summed E-state index contributed by atoms with van der Waals surface area (Å²) in [6.45, 7) is 16.1. The summed E-state index contributed by atoms with van der Waals surface area (Å²) in [5.41, 5.74) is 0. The van der Waals surface area contributed by atoms with Crippen molar-refractivity contribution in [2.75, 3.05) is 26.2 Å². The van der Waals surface area contributed by atoms with Gasteiger partial charge in [0.1, 0.15) is 0 Å². The van der Waals surface area contributed by atoms with E-state index in [0.29, 0.717) is 0 Å². The van der Waals surface area contributed by atoms with E-state index in [1.807, 2.05) is 6.08 Å². The van der Waals surface area contributed by atoms with Crippen LogP contribution in [0, 0.1) is 0 Å². The molecule has 0 aliphatic heterocycles. The maximum atomic E-state index is 3.76. The van der Waals surface area contributed by atoms with Crippen molar-refractivity contribution < 1.29 is 4.48 Å². The summed E-state index contributed by atoms with van der Waals surface area (Å²) in [6, 6.07) is 0. The summed E-state index contributed by atoms with van der Waals surface area (Å²) >= 11 is 0. The van der Waals surface area contributed by atoms with Crippen molar-refractivity contribution in [1.82, 2.24) is 0 Å². The van der Waals surface area contributed by atoms with E-state index in [1.54, 1.807) is 0 Å². The third kappa shape index (κ3) is 7.92. The van der Waals surface area contributed by atoms with Gasteiger partial charge in [-0.15, -0.1) is 6.58 Å². The van der Waals surface area contributed by atoms with Crippen molar-refractivity contribution in [3.05, 3.63) is 12.7 Å². The van der Waals surface area contributed by atoms with E-state index in [-0.39, 0.29) is 0 Å². The Morgan fingerprint density at radius 1 is 0.722 bits per heavy atom. The van der Waals surface area contributed by atoms with E-state index in [0.717, 1.165) is 0 Å². The van der Waals surface area contributed by atoms with Gasteiger partial charge in [0.15, 0.2) is 0 Å². The highest BCUT2D eigenvalue weighted by atomic mass is 15.3. The fraction of sp³-hybridized carbons (Fsp3) is 0.882. The van der Waals surface area contributed by atoms with Gasteiger partial charge in [-0.25, -0.2) is 0 Å². The lowest BCUT2D eigenvalue weighted by atomic mass is 10.1. The third-order valence-corrected chi connectivity index (χ3v) is 4.55. The largest absolute Gasteiger partial charge is 0.324 e. The summed E-state index contributed by atoms with van der Waals surface area (Å²) in [5, 5.41) is 0. The average molecular weight is 254 g/mol. The molecule has 0 spiro atoms. The standard InChI is InChI=1S/C17H36N/c1-5-9-10-11-12-13-14-15-16-17-18(6-2,7-3)8-4/h5H,1,6-17H2,2-4H3/q+1. The van der Waals surface area contributed by atoms with Crippen molar-refractivity contribution in [1.29, 1.82) is 0 Å². The minimum Gasteiger partial charge on any atom is -0.324 e. The number of unbranched alkanes of at least 4 members (excludes halogenated alkanes) is 7. The molecule has 0 atom stereocenters. The molecular formula is C17H36N+. The molecule has 0 N–H and O–H groups in total. The molecule has 108 valence electrons. The normalized spacial score (nSPS) is 11.7. The van der Waals surface area contributed by atoms with Crippen LogP contribution in [0.2, 0.25) is 0 Å². The summed E-state index contributed by atoms with van der Waals surface area (Å²) in [7, 11) is 0. The number of nitrogens with zero attached hydrogens (tertiary/aromatic N) is 1. The number of hydrogen-bond acceptors (Lipinski definition) is 0. The number of allylic oxidation sites excluding steroid dienone is 1. The van der Waals surface area contributed by atoms with E-state index in [4.69, 9.17) is 0 Å². The van der Waals surface area contributed by atoms with Gasteiger partial charge in [-0.05, 0) is 46.5 Å². The lowest BCUT2D eigenvalue weighted by molar-refractivity contribution is -0.923. The molecule has 0 saturated heterocycles. The molecule has 0 heterocycles. The lowest BCUT2D eigenvalue weighted by Crippen LogP contribution is -2.48. The van der Waals surface area contributed by atoms with Crippen LogP contribution in [0.15, 0.2) is 12.7 Å². The fourth-order valence-electron chi connectivity index (χ4n) is 2.76. The molecule has 1 nitrogen and oxygen atoms in total. The predicted molar refractivity (Wildman–Crippen MR) is 83.9 cm³/mol. The van der Waals surface area contributed by atoms with Crippen LogP contribution >= 0.6 is 0 Å². The Balaban J connectivity index is 3.41. The molecule has 0 amide bonds. The van der Waals surface area contributed by atoms with E-state index in [1.165, 1.54) is 82.0 Å². The van der Waals surface area contributed by atoms with E-state index in [9.17, 15) is 0 Å². The van der Waals surface area contributed by atoms with Gasteiger partial charge in [-0.2, -0.15) is 0 Å². The minimum atomic E-state index is 1.20. The first-order valence-electron chi connectivity index (χ1n) is 8.20. The summed E-state index contributed by atoms with van der Waals surface area (Å²) < 4.78 is 1.32. The SMILES string of the molecule is C=CCCCCCCCCC[N+](CC)(CC)CC. The quantitative estimate of drug-likeness (QED) is 0.242. The Kier molecular flexibility index (Phi) is 11.6. The van der Waals surface area contributed by atoms with Crippen molar-refractivity contribution in [2.24, 2.45) is 0 Å². The van der Waals surface area contributed by atoms with Crippen LogP contribution in [0.1, 0.15) is 72.1 Å². The summed E-state index contributed by atoms with van der Waals surface area (Å²) in [4.78, 5) is 0. The Morgan fingerprint density at radius 2 is 1.17 bits per heavy atom. The second-order valence-electron chi connectivity index (χ2n) is 5.57. The van der Waals surface area contributed by atoms with Crippen molar-refractivity contribution in [2.45, 2.75) is 72.1 Å². The molecule has 0 aliphatic rings. The lowest BCUT2D eigenvalue weighted by Gasteiger charge is -2.35. The topological polar surface area (TPSA) is 0 Å². The zero-order valence-corrected chi connectivity index (χ0v) is 13.2. The van der Waals surface area contributed by atoms with Crippen LogP contribution in [0.3, 0.4) is 0 Å². The molecule has 0 aromatic rings. The highest BCUT2D eigenvalue weighted by molar-refractivity contribution is 4.65. The van der Waals surface area contributed by atoms with Crippen LogP contribution < -0.4 is 0 Å². The Morgan fingerprint density at radius 3 is 1.61 bits per heavy atom. The van der Waals surface area contributed by atoms with Crippen LogP contribution in [0.25, 0.3) is 0 Å². The first-order valence-corrected chi connectivity index (χ1v) is 8.20. The molecule has 0 radical (unpaired) electrons. The smallest absolute Gasteiger partial charge is 0.0786 e. The first kappa shape index (κ1) is 17.7. The third-order valence-electron chi connectivity index (χ3n) is 4.55. The van der Waals surface area contributed by atoms with E-state index in [2.05, 4.69) is 27.4 Å². The van der Waals surface area contributed by atoms with E-state index < -0.39 is 0 Å². The number of quaternary nitrogens is 1. The zero-order valence-electron chi connectivity index (χ0n) is 13.2. The highest BCUT2D eigenvalue weighted by Crippen LogP contribution is 2.12. The average Bonchev–Trinajstić information content (AvgIpc) is 2.42. The second kappa shape index (κ2) is 11.8. The maximum Gasteiger partial charge on any atom is 0.0786 e. The van der Waals surface area contributed by atoms with Crippen LogP contribution in [0.5, 0.6) is 0 Å². The van der Waals surface area contributed by atoms with Gasteiger partial charge >= 0.3 is 0 Å². The molecule has 0 fully saturated rings. The minimum absolute atomic E-state index is 1.20. The van der Waals surface area contributed by atoms with Crippen molar-refractivity contribution in [3.8, 4) is 0 Å². The summed E-state index contributed by atoms with van der Waals surface area (Å²) in [6.07, 6.45) is 13.1. The summed E-state index contributed by atoms with van der Waals surface area (Å²) in [5.74, 6) is 0. The molecule has 0 aromatic heterocycles. The molecule has 0 bridgehead atoms. The van der Waals surface area contributed by atoms with Crippen LogP contribution in [-0.2, 0) is 0 Å².